The number of aromatic nitrogens is 3. The van der Waals surface area contributed by atoms with Gasteiger partial charge in [-0.15, -0.1) is 0 Å². The molecule has 3 aromatic heterocycles. The predicted octanol–water partition coefficient (Wildman–Crippen LogP) is 4.81. The van der Waals surface area contributed by atoms with Gasteiger partial charge in [-0.1, -0.05) is 40.6 Å². The summed E-state index contributed by atoms with van der Waals surface area (Å²) in [5, 5.41) is 4.10. The van der Waals surface area contributed by atoms with Crippen LogP contribution in [0.15, 0.2) is 36.5 Å². The van der Waals surface area contributed by atoms with Gasteiger partial charge in [0.05, 0.1) is 20.4 Å². The number of amides is 1. The maximum Gasteiger partial charge on any atom is 0.276 e. The Hall–Kier alpha value is -2.15. The van der Waals surface area contributed by atoms with Gasteiger partial charge in [0.25, 0.3) is 5.91 Å². The number of hydrogen-bond acceptors (Lipinski definition) is 4. The standard InChI is InChI=1S/C16H10Cl2N4OS/c1-8-14(22-7-3-2-4-11(22)19-8)15(23)21-16-20-13-10(24-16)6-5-9(17)12(13)18/h2-7H,1H3,(H,20,21,23). The molecule has 0 aliphatic heterocycles. The molecule has 0 saturated heterocycles. The Labute approximate surface area is 150 Å². The topological polar surface area (TPSA) is 59.3 Å². The molecule has 0 spiro atoms. The second-order valence-electron chi connectivity index (χ2n) is 5.16. The maximum absolute atomic E-state index is 12.7. The lowest BCUT2D eigenvalue weighted by molar-refractivity contribution is 0.102. The molecule has 1 N–H and O–H groups in total. The van der Waals surface area contributed by atoms with Crippen LogP contribution in [0.1, 0.15) is 16.2 Å². The highest BCUT2D eigenvalue weighted by atomic mass is 35.5. The molecule has 0 saturated carbocycles. The third-order valence-corrected chi connectivity index (χ3v) is 5.32. The van der Waals surface area contributed by atoms with E-state index in [1.54, 1.807) is 23.6 Å². The molecule has 0 bridgehead atoms. The number of carbonyl (C=O) groups excluding carboxylic acids is 1. The third kappa shape index (κ3) is 2.43. The Morgan fingerprint density at radius 1 is 1.21 bits per heavy atom. The van der Waals surface area contributed by atoms with Crippen LogP contribution < -0.4 is 5.32 Å². The van der Waals surface area contributed by atoms with Crippen molar-refractivity contribution in [2.45, 2.75) is 6.92 Å². The molecule has 1 amide bonds. The number of halogens is 2. The second-order valence-corrected chi connectivity index (χ2v) is 6.97. The number of rotatable bonds is 2. The monoisotopic (exact) mass is 376 g/mol. The molecule has 1 aromatic carbocycles. The summed E-state index contributed by atoms with van der Waals surface area (Å²) in [6.45, 7) is 1.80. The molecular weight excluding hydrogens is 367 g/mol. The Kier molecular flexibility index (Phi) is 3.68. The molecule has 3 heterocycles. The molecule has 0 aliphatic rings. The number of anilines is 1. The van der Waals surface area contributed by atoms with Crippen LogP contribution in [-0.2, 0) is 0 Å². The van der Waals surface area contributed by atoms with Crippen molar-refractivity contribution in [3.05, 3.63) is 58.0 Å². The van der Waals surface area contributed by atoms with Crippen molar-refractivity contribution < 1.29 is 4.79 Å². The second kappa shape index (κ2) is 5.73. The number of imidazole rings is 1. The van der Waals surface area contributed by atoms with Gasteiger partial charge >= 0.3 is 0 Å². The van der Waals surface area contributed by atoms with E-state index in [0.717, 1.165) is 10.3 Å². The zero-order chi connectivity index (χ0) is 16.8. The number of aryl methyl sites for hydroxylation is 1. The van der Waals surface area contributed by atoms with Gasteiger partial charge in [-0.25, -0.2) is 9.97 Å². The van der Waals surface area contributed by atoms with Gasteiger partial charge in [-0.3, -0.25) is 14.5 Å². The molecule has 8 heteroatoms. The van der Waals surface area contributed by atoms with Crippen LogP contribution in [0, 0.1) is 6.92 Å². The van der Waals surface area contributed by atoms with Crippen molar-refractivity contribution in [1.82, 2.24) is 14.4 Å². The normalized spacial score (nSPS) is 11.3. The van der Waals surface area contributed by atoms with Crippen LogP contribution in [0.4, 0.5) is 5.13 Å². The highest BCUT2D eigenvalue weighted by Crippen LogP contribution is 2.35. The van der Waals surface area contributed by atoms with Crippen molar-refractivity contribution in [2.24, 2.45) is 0 Å². The molecule has 120 valence electrons. The van der Waals surface area contributed by atoms with Gasteiger partial charge in [0.2, 0.25) is 0 Å². The van der Waals surface area contributed by atoms with Crippen LogP contribution in [0.25, 0.3) is 15.9 Å². The lowest BCUT2D eigenvalue weighted by atomic mass is 10.3. The summed E-state index contributed by atoms with van der Waals surface area (Å²) < 4.78 is 2.61. The van der Waals surface area contributed by atoms with E-state index in [1.807, 2.05) is 24.3 Å². The van der Waals surface area contributed by atoms with E-state index < -0.39 is 0 Å². The summed E-state index contributed by atoms with van der Waals surface area (Å²) >= 11 is 13.5. The Bertz CT molecular complexity index is 1100. The summed E-state index contributed by atoms with van der Waals surface area (Å²) in [4.78, 5) is 21.4. The van der Waals surface area contributed by atoms with E-state index in [2.05, 4.69) is 15.3 Å². The Balaban J connectivity index is 1.73. The largest absolute Gasteiger partial charge is 0.296 e. The van der Waals surface area contributed by atoms with Gasteiger partial charge in [-0.2, -0.15) is 0 Å². The van der Waals surface area contributed by atoms with Crippen LogP contribution in [0.5, 0.6) is 0 Å². The van der Waals surface area contributed by atoms with Crippen LogP contribution in [0.3, 0.4) is 0 Å². The van der Waals surface area contributed by atoms with Crippen molar-refractivity contribution in [3.63, 3.8) is 0 Å². The molecule has 24 heavy (non-hydrogen) atoms. The van der Waals surface area contributed by atoms with Crippen molar-refractivity contribution >= 4 is 61.4 Å². The van der Waals surface area contributed by atoms with Gasteiger partial charge in [0.1, 0.15) is 16.9 Å². The number of fused-ring (bicyclic) bond motifs is 2. The summed E-state index contributed by atoms with van der Waals surface area (Å²) in [6.07, 6.45) is 1.80. The summed E-state index contributed by atoms with van der Waals surface area (Å²) in [6, 6.07) is 9.12. The highest BCUT2D eigenvalue weighted by molar-refractivity contribution is 7.22. The van der Waals surface area contributed by atoms with Gasteiger partial charge in [0.15, 0.2) is 5.13 Å². The number of pyridine rings is 1. The summed E-state index contributed by atoms with van der Waals surface area (Å²) in [5.41, 5.74) is 2.44. The first kappa shape index (κ1) is 15.4. The first-order valence-electron chi connectivity index (χ1n) is 7.04. The number of carbonyl (C=O) groups is 1. The summed E-state index contributed by atoms with van der Waals surface area (Å²) in [5.74, 6) is -0.271. The van der Waals surface area contributed by atoms with E-state index in [0.29, 0.717) is 32.1 Å². The molecule has 0 fully saturated rings. The van der Waals surface area contributed by atoms with Crippen molar-refractivity contribution in [1.29, 1.82) is 0 Å². The van der Waals surface area contributed by atoms with E-state index in [4.69, 9.17) is 23.2 Å². The fourth-order valence-corrected chi connectivity index (χ4v) is 3.82. The van der Waals surface area contributed by atoms with E-state index in [9.17, 15) is 4.79 Å². The van der Waals surface area contributed by atoms with Crippen LogP contribution in [-0.4, -0.2) is 20.3 Å². The zero-order valence-electron chi connectivity index (χ0n) is 12.4. The minimum absolute atomic E-state index is 0.271. The van der Waals surface area contributed by atoms with E-state index in [1.165, 1.54) is 11.3 Å². The lowest BCUT2D eigenvalue weighted by Gasteiger charge is -2.02. The fraction of sp³-hybridized carbons (Fsp3) is 0.0625. The Morgan fingerprint density at radius 3 is 2.88 bits per heavy atom. The fourth-order valence-electron chi connectivity index (χ4n) is 2.53. The third-order valence-electron chi connectivity index (χ3n) is 3.59. The molecule has 4 rings (SSSR count). The molecule has 5 nitrogen and oxygen atoms in total. The zero-order valence-corrected chi connectivity index (χ0v) is 14.7. The quantitative estimate of drug-likeness (QED) is 0.545. The van der Waals surface area contributed by atoms with Gasteiger partial charge in [0, 0.05) is 6.20 Å². The van der Waals surface area contributed by atoms with Crippen LogP contribution >= 0.6 is 34.5 Å². The van der Waals surface area contributed by atoms with Crippen molar-refractivity contribution in [2.75, 3.05) is 5.32 Å². The van der Waals surface area contributed by atoms with Gasteiger partial charge in [-0.05, 0) is 31.2 Å². The number of thiazole rings is 1. The number of nitrogens with zero attached hydrogens (tertiary/aromatic N) is 3. The molecule has 0 aliphatic carbocycles. The average Bonchev–Trinajstić information content (AvgIpc) is 3.11. The Morgan fingerprint density at radius 2 is 2.04 bits per heavy atom. The molecule has 0 atom stereocenters. The minimum atomic E-state index is -0.271. The number of nitrogens with one attached hydrogen (secondary N) is 1. The number of hydrogen-bond donors (Lipinski definition) is 1. The highest BCUT2D eigenvalue weighted by Gasteiger charge is 2.18. The smallest absolute Gasteiger partial charge is 0.276 e. The van der Waals surface area contributed by atoms with Gasteiger partial charge < -0.3 is 0 Å². The predicted molar refractivity (Wildman–Crippen MR) is 97.5 cm³/mol. The van der Waals surface area contributed by atoms with Crippen molar-refractivity contribution in [3.8, 4) is 0 Å². The average molecular weight is 377 g/mol. The lowest BCUT2D eigenvalue weighted by Crippen LogP contribution is -2.15. The number of benzene rings is 1. The van der Waals surface area contributed by atoms with E-state index >= 15 is 0 Å². The molecule has 0 unspecified atom stereocenters. The first-order valence-corrected chi connectivity index (χ1v) is 8.61. The van der Waals surface area contributed by atoms with Crippen LogP contribution in [0.2, 0.25) is 10.0 Å². The molecular formula is C16H10Cl2N4OS. The molecule has 0 radical (unpaired) electrons. The first-order chi connectivity index (χ1) is 11.5. The molecule has 4 aromatic rings. The van der Waals surface area contributed by atoms with E-state index in [-0.39, 0.29) is 5.91 Å². The summed E-state index contributed by atoms with van der Waals surface area (Å²) in [7, 11) is 0. The maximum atomic E-state index is 12.7. The SMILES string of the molecule is Cc1nc2ccccn2c1C(=O)Nc1nc2c(Cl)c(Cl)ccc2s1. The minimum Gasteiger partial charge on any atom is -0.296 e.